The van der Waals surface area contributed by atoms with E-state index in [4.69, 9.17) is 9.47 Å². The Kier molecular flexibility index (Phi) is 3.55. The predicted molar refractivity (Wildman–Crippen MR) is 61.9 cm³/mol. The zero-order valence-corrected chi connectivity index (χ0v) is 9.39. The van der Waals surface area contributed by atoms with Crippen molar-refractivity contribution in [2.75, 3.05) is 6.61 Å². The molecule has 1 aromatic heterocycles. The van der Waals surface area contributed by atoms with E-state index in [1.807, 2.05) is 19.1 Å². The number of hydrogen-bond acceptors (Lipinski definition) is 3. The van der Waals surface area contributed by atoms with Gasteiger partial charge in [-0.15, -0.1) is 0 Å². The summed E-state index contributed by atoms with van der Waals surface area (Å²) in [5.41, 5.74) is 0. The van der Waals surface area contributed by atoms with Gasteiger partial charge < -0.3 is 9.47 Å². The van der Waals surface area contributed by atoms with Crippen LogP contribution >= 0.6 is 0 Å². The highest BCUT2D eigenvalue weighted by molar-refractivity contribution is 5.41. The first-order chi connectivity index (χ1) is 8.29. The van der Waals surface area contributed by atoms with Crippen LogP contribution in [0.15, 0.2) is 42.5 Å². The van der Waals surface area contributed by atoms with Crippen LogP contribution in [0.25, 0.3) is 0 Å². The number of para-hydroxylation sites is 2. The third-order valence-electron chi connectivity index (χ3n) is 2.05. The highest BCUT2D eigenvalue weighted by Gasteiger charge is 2.06. The summed E-state index contributed by atoms with van der Waals surface area (Å²) in [4.78, 5) is 3.63. The molecule has 0 spiro atoms. The van der Waals surface area contributed by atoms with Gasteiger partial charge >= 0.3 is 0 Å². The van der Waals surface area contributed by atoms with Crippen LogP contribution in [-0.4, -0.2) is 11.6 Å². The maximum atomic E-state index is 12.9. The molecule has 0 aliphatic heterocycles. The minimum absolute atomic E-state index is 0.206. The van der Waals surface area contributed by atoms with Crippen LogP contribution < -0.4 is 9.47 Å². The van der Waals surface area contributed by atoms with Crippen LogP contribution in [0.2, 0.25) is 0 Å². The molecule has 17 heavy (non-hydrogen) atoms. The average Bonchev–Trinajstić information content (AvgIpc) is 2.32. The van der Waals surface area contributed by atoms with Gasteiger partial charge in [-0.25, -0.2) is 0 Å². The lowest BCUT2D eigenvalue weighted by molar-refractivity contribution is 0.318. The predicted octanol–water partition coefficient (Wildman–Crippen LogP) is 3.41. The quantitative estimate of drug-likeness (QED) is 0.758. The molecule has 0 aliphatic carbocycles. The molecule has 0 saturated heterocycles. The van der Waals surface area contributed by atoms with E-state index >= 15 is 0 Å². The fraction of sp³-hybridized carbons (Fsp3) is 0.154. The second kappa shape index (κ2) is 5.30. The highest BCUT2D eigenvalue weighted by Crippen LogP contribution is 2.30. The van der Waals surface area contributed by atoms with Gasteiger partial charge in [-0.1, -0.05) is 18.2 Å². The number of pyridine rings is 1. The molecule has 0 atom stereocenters. The Morgan fingerprint density at radius 1 is 1.06 bits per heavy atom. The Balaban J connectivity index is 2.23. The summed E-state index contributed by atoms with van der Waals surface area (Å²) in [6.07, 6.45) is 0. The maximum Gasteiger partial charge on any atom is 0.222 e. The molecule has 0 N–H and O–H groups in total. The van der Waals surface area contributed by atoms with Crippen molar-refractivity contribution in [2.24, 2.45) is 0 Å². The molecule has 0 aliphatic rings. The summed E-state index contributed by atoms with van der Waals surface area (Å²) in [7, 11) is 0. The molecular weight excluding hydrogens is 221 g/mol. The molecule has 4 heteroatoms. The monoisotopic (exact) mass is 233 g/mol. The Morgan fingerprint density at radius 2 is 1.82 bits per heavy atom. The van der Waals surface area contributed by atoms with Crippen molar-refractivity contribution in [1.29, 1.82) is 0 Å². The zero-order valence-electron chi connectivity index (χ0n) is 9.39. The third-order valence-corrected chi connectivity index (χ3v) is 2.05. The van der Waals surface area contributed by atoms with Gasteiger partial charge in [-0.3, -0.25) is 0 Å². The van der Waals surface area contributed by atoms with E-state index in [0.29, 0.717) is 18.1 Å². The van der Waals surface area contributed by atoms with Crippen LogP contribution in [0, 0.1) is 5.95 Å². The molecule has 2 aromatic rings. The van der Waals surface area contributed by atoms with Crippen LogP contribution in [0.4, 0.5) is 4.39 Å². The maximum absolute atomic E-state index is 12.9. The Morgan fingerprint density at radius 3 is 2.53 bits per heavy atom. The molecule has 2 rings (SSSR count). The van der Waals surface area contributed by atoms with E-state index in [0.717, 1.165) is 0 Å². The molecule has 0 unspecified atom stereocenters. The highest BCUT2D eigenvalue weighted by atomic mass is 19.1. The molecule has 0 bridgehead atoms. The van der Waals surface area contributed by atoms with E-state index in [9.17, 15) is 4.39 Å². The summed E-state index contributed by atoms with van der Waals surface area (Å²) in [5.74, 6) is 0.766. The van der Waals surface area contributed by atoms with Crippen molar-refractivity contribution in [3.63, 3.8) is 0 Å². The number of rotatable bonds is 4. The third kappa shape index (κ3) is 2.93. The van der Waals surface area contributed by atoms with E-state index < -0.39 is 5.95 Å². The lowest BCUT2D eigenvalue weighted by atomic mass is 10.3. The van der Waals surface area contributed by atoms with Gasteiger partial charge in [0.05, 0.1) is 6.61 Å². The number of aromatic nitrogens is 1. The number of halogens is 1. The fourth-order valence-corrected chi connectivity index (χ4v) is 1.37. The second-order valence-corrected chi connectivity index (χ2v) is 3.28. The Bertz CT molecular complexity index is 502. The minimum atomic E-state index is -0.573. The molecule has 0 radical (unpaired) electrons. The van der Waals surface area contributed by atoms with Crippen molar-refractivity contribution in [2.45, 2.75) is 6.92 Å². The van der Waals surface area contributed by atoms with Gasteiger partial charge in [-0.2, -0.15) is 9.37 Å². The van der Waals surface area contributed by atoms with Crippen molar-refractivity contribution in [1.82, 2.24) is 4.98 Å². The fourth-order valence-electron chi connectivity index (χ4n) is 1.37. The molecule has 0 fully saturated rings. The summed E-state index contributed by atoms with van der Waals surface area (Å²) in [6, 6.07) is 11.6. The van der Waals surface area contributed by atoms with Gasteiger partial charge in [-0.05, 0) is 25.1 Å². The summed E-state index contributed by atoms with van der Waals surface area (Å²) in [5, 5.41) is 0. The zero-order chi connectivity index (χ0) is 12.1. The number of nitrogens with zero attached hydrogens (tertiary/aromatic N) is 1. The molecule has 88 valence electrons. The first kappa shape index (κ1) is 11.4. The molecule has 0 saturated carbocycles. The summed E-state index contributed by atoms with van der Waals surface area (Å²) < 4.78 is 23.8. The molecular formula is C13H12FNO2. The first-order valence-corrected chi connectivity index (χ1v) is 5.32. The topological polar surface area (TPSA) is 31.4 Å². The first-order valence-electron chi connectivity index (χ1n) is 5.32. The lowest BCUT2D eigenvalue weighted by Gasteiger charge is -2.10. The molecule has 1 aromatic carbocycles. The van der Waals surface area contributed by atoms with Gasteiger partial charge in [0.25, 0.3) is 0 Å². The van der Waals surface area contributed by atoms with Crippen molar-refractivity contribution in [3.05, 3.63) is 48.4 Å². The minimum Gasteiger partial charge on any atom is -0.490 e. The number of ether oxygens (including phenoxy) is 2. The van der Waals surface area contributed by atoms with Crippen molar-refractivity contribution < 1.29 is 13.9 Å². The number of benzene rings is 1. The van der Waals surface area contributed by atoms with Crippen LogP contribution in [-0.2, 0) is 0 Å². The average molecular weight is 233 g/mol. The largest absolute Gasteiger partial charge is 0.490 e. The molecule has 1 heterocycles. The Hall–Kier alpha value is -2.10. The van der Waals surface area contributed by atoms with Crippen molar-refractivity contribution >= 4 is 0 Å². The lowest BCUT2D eigenvalue weighted by Crippen LogP contribution is -1.96. The summed E-state index contributed by atoms with van der Waals surface area (Å²) >= 11 is 0. The van der Waals surface area contributed by atoms with Crippen LogP contribution in [0.3, 0.4) is 0 Å². The normalized spacial score (nSPS) is 10.0. The van der Waals surface area contributed by atoms with Gasteiger partial charge in [0.2, 0.25) is 11.8 Å². The van der Waals surface area contributed by atoms with E-state index in [2.05, 4.69) is 4.98 Å². The van der Waals surface area contributed by atoms with Gasteiger partial charge in [0, 0.05) is 6.07 Å². The van der Waals surface area contributed by atoms with Crippen LogP contribution in [0.5, 0.6) is 17.4 Å². The number of hydrogen-bond donors (Lipinski definition) is 0. The van der Waals surface area contributed by atoms with E-state index in [1.165, 1.54) is 6.07 Å². The smallest absolute Gasteiger partial charge is 0.222 e. The SMILES string of the molecule is CCOc1ccccc1Oc1cccc(F)n1. The molecule has 3 nitrogen and oxygen atoms in total. The Labute approximate surface area is 98.8 Å². The van der Waals surface area contributed by atoms with Gasteiger partial charge in [0.1, 0.15) is 0 Å². The molecule has 0 amide bonds. The van der Waals surface area contributed by atoms with Crippen molar-refractivity contribution in [3.8, 4) is 17.4 Å². The van der Waals surface area contributed by atoms with Crippen LogP contribution in [0.1, 0.15) is 6.92 Å². The van der Waals surface area contributed by atoms with E-state index in [1.54, 1.807) is 24.3 Å². The second-order valence-electron chi connectivity index (χ2n) is 3.28. The summed E-state index contributed by atoms with van der Waals surface area (Å²) in [6.45, 7) is 2.42. The van der Waals surface area contributed by atoms with Gasteiger partial charge in [0.15, 0.2) is 11.5 Å². The standard InChI is InChI=1S/C13H12FNO2/c1-2-16-10-6-3-4-7-11(10)17-13-9-5-8-12(14)15-13/h3-9H,2H2,1H3. The van der Waals surface area contributed by atoms with E-state index in [-0.39, 0.29) is 5.88 Å².